The molecule has 3 heterocycles. The molecule has 0 N–H and O–H groups in total. The van der Waals surface area contributed by atoms with Gasteiger partial charge >= 0.3 is 0 Å². The van der Waals surface area contributed by atoms with Crippen molar-refractivity contribution >= 4 is 22.0 Å². The summed E-state index contributed by atoms with van der Waals surface area (Å²) in [6, 6.07) is 0. The third-order valence-corrected chi connectivity index (χ3v) is 5.64. The first kappa shape index (κ1) is 8.92. The Morgan fingerprint density at radius 1 is 1.14 bits per heavy atom. The van der Waals surface area contributed by atoms with Crippen molar-refractivity contribution in [2.24, 2.45) is 10.8 Å². The molecule has 0 amide bonds. The molecule has 3 rings (SSSR count). The molecule has 3 aliphatic heterocycles. The molecule has 4 unspecified atom stereocenters. The molecule has 0 aromatic heterocycles. The molecule has 0 aromatic carbocycles. The van der Waals surface area contributed by atoms with Crippen molar-refractivity contribution in [3.05, 3.63) is 0 Å². The summed E-state index contributed by atoms with van der Waals surface area (Å²) in [6.07, 6.45) is 1.81. The van der Waals surface area contributed by atoms with E-state index in [4.69, 9.17) is 4.74 Å². The predicted octanol–water partition coefficient (Wildman–Crippen LogP) is 1.36. The normalized spacial score (nSPS) is 55.6. The Morgan fingerprint density at radius 3 is 2.00 bits per heavy atom. The Hall–Kier alpha value is -0.350. The maximum atomic E-state index is 11.8. The lowest BCUT2D eigenvalue weighted by Crippen LogP contribution is -2.48. The molecule has 3 aliphatic rings. The molecule has 0 saturated carbocycles. The van der Waals surface area contributed by atoms with Crippen molar-refractivity contribution < 1.29 is 14.3 Å². The molecule has 3 fully saturated rings. The van der Waals surface area contributed by atoms with E-state index in [1.54, 1.807) is 0 Å². The maximum Gasteiger partial charge on any atom is 0.206 e. The number of fused-ring (bicyclic) bond motifs is 5. The second kappa shape index (κ2) is 2.25. The van der Waals surface area contributed by atoms with Gasteiger partial charge in [-0.25, -0.2) is 0 Å². The van der Waals surface area contributed by atoms with E-state index in [0.29, 0.717) is 0 Å². The first-order valence-electron chi connectivity index (χ1n) is 4.93. The lowest BCUT2D eigenvalue weighted by atomic mass is 9.59. The average molecular weight is 212 g/mol. The van der Waals surface area contributed by atoms with Crippen LogP contribution in [0.1, 0.15) is 26.7 Å². The quantitative estimate of drug-likeness (QED) is 0.608. The van der Waals surface area contributed by atoms with Gasteiger partial charge in [-0.05, 0) is 38.5 Å². The second-order valence-corrected chi connectivity index (χ2v) is 5.72. The van der Waals surface area contributed by atoms with Crippen molar-refractivity contribution in [2.75, 3.05) is 0 Å². The smallest absolute Gasteiger partial charge is 0.206 e. The topological polar surface area (TPSA) is 43.4 Å². The summed E-state index contributed by atoms with van der Waals surface area (Å²) in [7, 11) is 0. The van der Waals surface area contributed by atoms with Crippen LogP contribution < -0.4 is 0 Å². The zero-order valence-corrected chi connectivity index (χ0v) is 9.02. The molecule has 4 heteroatoms. The Balaban J connectivity index is 2.21. The number of hydrogen-bond acceptors (Lipinski definition) is 4. The number of carbonyl (C=O) groups excluding carboxylic acids is 2. The second-order valence-electron chi connectivity index (χ2n) is 4.77. The molecule has 0 aromatic rings. The van der Waals surface area contributed by atoms with Crippen LogP contribution in [0.4, 0.5) is 0 Å². The standard InChI is InChI=1S/C10H12O3S/c1-9-5-3-4-6(13-5)10(9,2)8(12)14-7(9)11/h5-6H,3-4H2,1-2H3. The van der Waals surface area contributed by atoms with E-state index in [9.17, 15) is 9.59 Å². The SMILES string of the molecule is CC12C(=O)SC(=O)C1(C)C1CCC2O1. The summed E-state index contributed by atoms with van der Waals surface area (Å²) < 4.78 is 5.73. The Labute approximate surface area is 86.6 Å². The fraction of sp³-hybridized carbons (Fsp3) is 0.800. The van der Waals surface area contributed by atoms with E-state index >= 15 is 0 Å². The number of carbonyl (C=O) groups is 2. The van der Waals surface area contributed by atoms with E-state index in [1.165, 1.54) is 0 Å². The van der Waals surface area contributed by atoms with Gasteiger partial charge in [0.25, 0.3) is 0 Å². The minimum atomic E-state index is -0.558. The largest absolute Gasteiger partial charge is 0.373 e. The zero-order chi connectivity index (χ0) is 10.1. The molecule has 3 saturated heterocycles. The van der Waals surface area contributed by atoms with Gasteiger partial charge in [0, 0.05) is 0 Å². The van der Waals surface area contributed by atoms with Gasteiger partial charge in [0.05, 0.1) is 23.0 Å². The molecule has 0 spiro atoms. The van der Waals surface area contributed by atoms with Crippen LogP contribution in [0.15, 0.2) is 0 Å². The van der Waals surface area contributed by atoms with Crippen LogP contribution in [-0.4, -0.2) is 22.4 Å². The summed E-state index contributed by atoms with van der Waals surface area (Å²) in [5.41, 5.74) is -1.12. The van der Waals surface area contributed by atoms with Crippen LogP contribution in [0.3, 0.4) is 0 Å². The molecule has 0 aliphatic carbocycles. The molecule has 14 heavy (non-hydrogen) atoms. The van der Waals surface area contributed by atoms with Crippen LogP contribution in [0.5, 0.6) is 0 Å². The number of thioether (sulfide) groups is 1. The van der Waals surface area contributed by atoms with E-state index in [0.717, 1.165) is 24.6 Å². The number of hydrogen-bond donors (Lipinski definition) is 0. The third-order valence-electron chi connectivity index (χ3n) is 4.42. The summed E-state index contributed by atoms with van der Waals surface area (Å²) >= 11 is 0.900. The highest BCUT2D eigenvalue weighted by Gasteiger charge is 2.74. The Morgan fingerprint density at radius 2 is 1.57 bits per heavy atom. The highest BCUT2D eigenvalue weighted by Crippen LogP contribution is 2.66. The third kappa shape index (κ3) is 0.634. The first-order chi connectivity index (χ1) is 6.51. The number of ether oxygens (including phenoxy) is 1. The molecule has 2 bridgehead atoms. The van der Waals surface area contributed by atoms with Crippen LogP contribution >= 0.6 is 11.8 Å². The Bertz CT molecular complexity index is 321. The molecule has 76 valence electrons. The van der Waals surface area contributed by atoms with E-state index < -0.39 is 10.8 Å². The van der Waals surface area contributed by atoms with Crippen molar-refractivity contribution in [3.63, 3.8) is 0 Å². The monoisotopic (exact) mass is 212 g/mol. The minimum Gasteiger partial charge on any atom is -0.373 e. The summed E-state index contributed by atoms with van der Waals surface area (Å²) in [4.78, 5) is 23.7. The van der Waals surface area contributed by atoms with Gasteiger partial charge in [0.2, 0.25) is 10.2 Å². The van der Waals surface area contributed by atoms with Crippen molar-refractivity contribution in [3.8, 4) is 0 Å². The first-order valence-corrected chi connectivity index (χ1v) is 5.75. The van der Waals surface area contributed by atoms with Crippen molar-refractivity contribution in [1.29, 1.82) is 0 Å². The van der Waals surface area contributed by atoms with Gasteiger partial charge in [0.1, 0.15) is 0 Å². The summed E-state index contributed by atoms with van der Waals surface area (Å²) in [6.45, 7) is 3.80. The molecular weight excluding hydrogens is 200 g/mol. The fourth-order valence-electron chi connectivity index (χ4n) is 3.14. The zero-order valence-electron chi connectivity index (χ0n) is 8.20. The van der Waals surface area contributed by atoms with Crippen LogP contribution in [0, 0.1) is 10.8 Å². The molecule has 4 atom stereocenters. The minimum absolute atomic E-state index is 0.0113. The summed E-state index contributed by atoms with van der Waals surface area (Å²) in [5, 5.41) is 0.0226. The van der Waals surface area contributed by atoms with Gasteiger partial charge in [-0.15, -0.1) is 0 Å². The number of rotatable bonds is 0. The van der Waals surface area contributed by atoms with Gasteiger partial charge in [0.15, 0.2) is 0 Å². The lowest BCUT2D eigenvalue weighted by Gasteiger charge is -2.37. The van der Waals surface area contributed by atoms with Crippen molar-refractivity contribution in [2.45, 2.75) is 38.9 Å². The van der Waals surface area contributed by atoms with Crippen molar-refractivity contribution in [1.82, 2.24) is 0 Å². The van der Waals surface area contributed by atoms with Crippen LogP contribution in [-0.2, 0) is 14.3 Å². The van der Waals surface area contributed by atoms with Crippen LogP contribution in [0.2, 0.25) is 0 Å². The van der Waals surface area contributed by atoms with Gasteiger partial charge < -0.3 is 4.74 Å². The predicted molar refractivity (Wildman–Crippen MR) is 51.7 cm³/mol. The van der Waals surface area contributed by atoms with E-state index in [2.05, 4.69) is 0 Å². The van der Waals surface area contributed by atoms with E-state index in [-0.39, 0.29) is 22.4 Å². The van der Waals surface area contributed by atoms with E-state index in [1.807, 2.05) is 13.8 Å². The van der Waals surface area contributed by atoms with Gasteiger partial charge in [-0.3, -0.25) is 9.59 Å². The highest BCUT2D eigenvalue weighted by atomic mass is 32.2. The van der Waals surface area contributed by atoms with Crippen LogP contribution in [0.25, 0.3) is 0 Å². The molecule has 3 nitrogen and oxygen atoms in total. The fourth-order valence-corrected chi connectivity index (χ4v) is 4.42. The maximum absolute atomic E-state index is 11.8. The highest BCUT2D eigenvalue weighted by molar-refractivity contribution is 8.26. The molecular formula is C10H12O3S. The Kier molecular flexibility index (Phi) is 1.43. The van der Waals surface area contributed by atoms with Gasteiger partial charge in [-0.2, -0.15) is 0 Å². The summed E-state index contributed by atoms with van der Waals surface area (Å²) in [5.74, 6) is 0. The molecule has 0 radical (unpaired) electrons. The lowest BCUT2D eigenvalue weighted by molar-refractivity contribution is -0.132. The average Bonchev–Trinajstić information content (AvgIpc) is 2.73. The van der Waals surface area contributed by atoms with Gasteiger partial charge in [-0.1, -0.05) is 0 Å².